The van der Waals surface area contributed by atoms with Gasteiger partial charge in [-0.15, -0.1) is 0 Å². The van der Waals surface area contributed by atoms with Gasteiger partial charge in [0.25, 0.3) is 0 Å². The molecule has 1 aromatic carbocycles. The fourth-order valence-corrected chi connectivity index (χ4v) is 2.48. The molecule has 3 heteroatoms. The molecule has 0 aromatic heterocycles. The second-order valence-corrected chi connectivity index (χ2v) is 5.07. The Morgan fingerprint density at radius 1 is 1.25 bits per heavy atom. The molecule has 1 N–H and O–H groups in total. The molecule has 0 unspecified atom stereocenters. The predicted molar refractivity (Wildman–Crippen MR) is 85.2 cm³/mol. The number of benzene rings is 1. The van der Waals surface area contributed by atoms with Crippen molar-refractivity contribution >= 4 is 17.3 Å². The van der Waals surface area contributed by atoms with Crippen LogP contribution in [-0.4, -0.2) is 19.0 Å². The van der Waals surface area contributed by atoms with Crippen molar-refractivity contribution in [1.29, 1.82) is 0 Å². The van der Waals surface area contributed by atoms with Crippen molar-refractivity contribution in [3.8, 4) is 0 Å². The molecule has 0 bridgehead atoms. The van der Waals surface area contributed by atoms with Gasteiger partial charge in [0.1, 0.15) is 0 Å². The highest BCUT2D eigenvalue weighted by Crippen LogP contribution is 2.26. The molecule has 2 rings (SSSR count). The van der Waals surface area contributed by atoms with Gasteiger partial charge >= 0.3 is 0 Å². The highest BCUT2D eigenvalue weighted by atomic mass is 16.1. The largest absolute Gasteiger partial charge is 0.371 e. The SMILES string of the molecule is C/C=C/C=C/C(=O)Nc1ccc(N2CCCC2)c(C)c1. The van der Waals surface area contributed by atoms with Crippen molar-refractivity contribution in [3.05, 3.63) is 48.1 Å². The molecule has 1 amide bonds. The van der Waals surface area contributed by atoms with E-state index in [2.05, 4.69) is 23.2 Å². The number of nitrogens with one attached hydrogen (secondary N) is 1. The van der Waals surface area contributed by atoms with E-state index in [-0.39, 0.29) is 5.91 Å². The third-order valence-electron chi connectivity index (χ3n) is 3.46. The normalized spacial score (nSPS) is 15.4. The van der Waals surface area contributed by atoms with Gasteiger partial charge in [0.05, 0.1) is 0 Å². The van der Waals surface area contributed by atoms with Crippen molar-refractivity contribution in [1.82, 2.24) is 0 Å². The Kier molecular flexibility index (Phi) is 4.99. The molecule has 3 nitrogen and oxygen atoms in total. The van der Waals surface area contributed by atoms with Crippen LogP contribution in [0.1, 0.15) is 25.3 Å². The van der Waals surface area contributed by atoms with Crippen LogP contribution >= 0.6 is 0 Å². The van der Waals surface area contributed by atoms with Crippen LogP contribution in [0.3, 0.4) is 0 Å². The van der Waals surface area contributed by atoms with Crippen LogP contribution < -0.4 is 10.2 Å². The van der Waals surface area contributed by atoms with E-state index < -0.39 is 0 Å². The third kappa shape index (κ3) is 3.73. The molecule has 1 aromatic rings. The summed E-state index contributed by atoms with van der Waals surface area (Å²) in [6, 6.07) is 6.11. The lowest BCUT2D eigenvalue weighted by molar-refractivity contribution is -0.111. The van der Waals surface area contributed by atoms with Crippen molar-refractivity contribution < 1.29 is 4.79 Å². The summed E-state index contributed by atoms with van der Waals surface area (Å²) in [6.07, 6.45) is 9.53. The Labute approximate surface area is 121 Å². The number of allylic oxidation sites excluding steroid dienone is 3. The van der Waals surface area contributed by atoms with Crippen molar-refractivity contribution in [3.63, 3.8) is 0 Å². The number of carbonyl (C=O) groups is 1. The van der Waals surface area contributed by atoms with Crippen LogP contribution in [0.15, 0.2) is 42.5 Å². The molecule has 0 aliphatic carbocycles. The summed E-state index contributed by atoms with van der Waals surface area (Å²) >= 11 is 0. The molecule has 0 saturated carbocycles. The molecule has 0 atom stereocenters. The maximum atomic E-state index is 11.7. The lowest BCUT2D eigenvalue weighted by Gasteiger charge is -2.20. The number of carbonyl (C=O) groups excluding carboxylic acids is 1. The number of rotatable bonds is 4. The minimum Gasteiger partial charge on any atom is -0.371 e. The number of amides is 1. The first-order valence-corrected chi connectivity index (χ1v) is 7.16. The molecule has 1 saturated heterocycles. The molecule has 0 radical (unpaired) electrons. The Balaban J connectivity index is 2.03. The Bertz CT molecular complexity index is 526. The molecule has 106 valence electrons. The summed E-state index contributed by atoms with van der Waals surface area (Å²) in [6.45, 7) is 6.29. The van der Waals surface area contributed by atoms with E-state index in [0.29, 0.717) is 0 Å². The average Bonchev–Trinajstić information content (AvgIpc) is 2.93. The van der Waals surface area contributed by atoms with Crippen molar-refractivity contribution in [2.24, 2.45) is 0 Å². The quantitative estimate of drug-likeness (QED) is 0.669. The number of nitrogens with zero attached hydrogens (tertiary/aromatic N) is 1. The zero-order chi connectivity index (χ0) is 14.4. The summed E-state index contributed by atoms with van der Waals surface area (Å²) in [5, 5.41) is 2.88. The van der Waals surface area contributed by atoms with Crippen LogP contribution in [0.4, 0.5) is 11.4 Å². The minimum absolute atomic E-state index is 0.101. The number of anilines is 2. The van der Waals surface area contributed by atoms with Gasteiger partial charge in [0.15, 0.2) is 0 Å². The van der Waals surface area contributed by atoms with Gasteiger partial charge in [0.2, 0.25) is 5.91 Å². The molecule has 1 fully saturated rings. The lowest BCUT2D eigenvalue weighted by Crippen LogP contribution is -2.18. The van der Waals surface area contributed by atoms with Crippen LogP contribution in [-0.2, 0) is 4.79 Å². The molecule has 1 aliphatic rings. The van der Waals surface area contributed by atoms with Gasteiger partial charge in [-0.1, -0.05) is 18.2 Å². The second kappa shape index (κ2) is 6.94. The highest BCUT2D eigenvalue weighted by Gasteiger charge is 2.14. The van der Waals surface area contributed by atoms with Crippen LogP contribution in [0.25, 0.3) is 0 Å². The topological polar surface area (TPSA) is 32.3 Å². The summed E-state index contributed by atoms with van der Waals surface area (Å²) < 4.78 is 0. The maximum Gasteiger partial charge on any atom is 0.248 e. The van der Waals surface area contributed by atoms with E-state index in [1.54, 1.807) is 6.08 Å². The van der Waals surface area contributed by atoms with E-state index in [1.807, 2.05) is 31.2 Å². The second-order valence-electron chi connectivity index (χ2n) is 5.07. The van der Waals surface area contributed by atoms with Gasteiger partial charge in [0, 0.05) is 30.5 Å². The van der Waals surface area contributed by atoms with Gasteiger partial charge < -0.3 is 10.2 Å². The minimum atomic E-state index is -0.101. The van der Waals surface area contributed by atoms with Gasteiger partial charge in [-0.25, -0.2) is 0 Å². The highest BCUT2D eigenvalue weighted by molar-refractivity contribution is 5.99. The van der Waals surface area contributed by atoms with Crippen LogP contribution in [0.5, 0.6) is 0 Å². The zero-order valence-electron chi connectivity index (χ0n) is 12.2. The number of hydrogen-bond acceptors (Lipinski definition) is 2. The number of hydrogen-bond donors (Lipinski definition) is 1. The van der Waals surface area contributed by atoms with E-state index >= 15 is 0 Å². The first-order valence-electron chi connectivity index (χ1n) is 7.16. The smallest absolute Gasteiger partial charge is 0.248 e. The first kappa shape index (κ1) is 14.4. The van der Waals surface area contributed by atoms with E-state index in [4.69, 9.17) is 0 Å². The Morgan fingerprint density at radius 2 is 2.00 bits per heavy atom. The summed E-state index contributed by atoms with van der Waals surface area (Å²) in [5.74, 6) is -0.101. The van der Waals surface area contributed by atoms with Crippen molar-refractivity contribution in [2.75, 3.05) is 23.3 Å². The third-order valence-corrected chi connectivity index (χ3v) is 3.46. The predicted octanol–water partition coefficient (Wildman–Crippen LogP) is 3.67. The molecule has 1 heterocycles. The lowest BCUT2D eigenvalue weighted by atomic mass is 10.1. The summed E-state index contributed by atoms with van der Waals surface area (Å²) in [7, 11) is 0. The molecule has 0 spiro atoms. The van der Waals surface area contributed by atoms with Crippen LogP contribution in [0.2, 0.25) is 0 Å². The van der Waals surface area contributed by atoms with Crippen LogP contribution in [0, 0.1) is 6.92 Å². The van der Waals surface area contributed by atoms with Gasteiger partial charge in [-0.2, -0.15) is 0 Å². The molecule has 20 heavy (non-hydrogen) atoms. The average molecular weight is 270 g/mol. The Morgan fingerprint density at radius 3 is 2.65 bits per heavy atom. The Hall–Kier alpha value is -2.03. The van der Waals surface area contributed by atoms with E-state index in [9.17, 15) is 4.79 Å². The first-order chi connectivity index (χ1) is 9.70. The van der Waals surface area contributed by atoms with Crippen molar-refractivity contribution in [2.45, 2.75) is 26.7 Å². The monoisotopic (exact) mass is 270 g/mol. The zero-order valence-corrected chi connectivity index (χ0v) is 12.2. The van der Waals surface area contributed by atoms with Gasteiger partial charge in [-0.3, -0.25) is 4.79 Å². The fraction of sp³-hybridized carbons (Fsp3) is 0.353. The maximum absolute atomic E-state index is 11.7. The fourth-order valence-electron chi connectivity index (χ4n) is 2.48. The van der Waals surface area contributed by atoms with Gasteiger partial charge in [-0.05, 0) is 50.5 Å². The standard InChI is InChI=1S/C17H22N2O/c1-3-4-5-8-17(20)18-15-9-10-16(14(2)13-15)19-11-6-7-12-19/h3-5,8-10,13H,6-7,11-12H2,1-2H3,(H,18,20)/b4-3+,8-5+. The van der Waals surface area contributed by atoms with E-state index in [0.717, 1.165) is 18.8 Å². The summed E-state index contributed by atoms with van der Waals surface area (Å²) in [4.78, 5) is 14.1. The molecule has 1 aliphatic heterocycles. The van der Waals surface area contributed by atoms with E-state index in [1.165, 1.54) is 30.2 Å². The number of aryl methyl sites for hydroxylation is 1. The summed E-state index contributed by atoms with van der Waals surface area (Å²) in [5.41, 5.74) is 3.34. The molecular weight excluding hydrogens is 248 g/mol. The molecular formula is C17H22N2O.